The van der Waals surface area contributed by atoms with Crippen LogP contribution in [0.15, 0.2) is 18.2 Å². The van der Waals surface area contributed by atoms with E-state index < -0.39 is 17.8 Å². The number of ether oxygens (including phenoxy) is 2. The largest absolute Gasteiger partial charge is 0.481 e. The molecule has 8 heteroatoms. The lowest BCUT2D eigenvalue weighted by atomic mass is 10.1. The minimum atomic E-state index is -0.942. The molecule has 1 atom stereocenters. The third kappa shape index (κ3) is 4.01. The number of hydrogen-bond donors (Lipinski definition) is 2. The summed E-state index contributed by atoms with van der Waals surface area (Å²) in [5.74, 6) is -1.18. The number of rotatable bonds is 7. The van der Waals surface area contributed by atoms with Crippen molar-refractivity contribution in [3.05, 3.63) is 23.8 Å². The maximum atomic E-state index is 12.4. The smallest absolute Gasteiger partial charge is 0.308 e. The third-order valence-electron chi connectivity index (χ3n) is 4.24. The number of carboxylic acids is 1. The van der Waals surface area contributed by atoms with Gasteiger partial charge >= 0.3 is 5.97 Å². The first-order valence-corrected chi connectivity index (χ1v) is 8.16. The van der Waals surface area contributed by atoms with Crippen LogP contribution < -0.4 is 14.8 Å². The second kappa shape index (κ2) is 7.00. The van der Waals surface area contributed by atoms with Crippen molar-refractivity contribution in [2.45, 2.75) is 25.8 Å². The standard InChI is InChI=1S/C17H20N2O6/c1-10(17(22)23)8-19(12-3-4-12)15(20)7-18-16(21)11-2-5-13-14(6-11)25-9-24-13/h2,5-6,10,12H,3-4,7-9H2,1H3,(H,18,21)(H,22,23). The minimum absolute atomic E-state index is 0.0803. The van der Waals surface area contributed by atoms with Gasteiger partial charge in [0.25, 0.3) is 5.91 Å². The van der Waals surface area contributed by atoms with Crippen LogP contribution in [0.25, 0.3) is 0 Å². The first kappa shape index (κ1) is 17.1. The number of carbonyl (C=O) groups excluding carboxylic acids is 2. The second-order valence-corrected chi connectivity index (χ2v) is 6.27. The molecule has 8 nitrogen and oxygen atoms in total. The molecule has 3 rings (SSSR count). The fourth-order valence-electron chi connectivity index (χ4n) is 2.61. The lowest BCUT2D eigenvalue weighted by Gasteiger charge is -2.24. The molecule has 25 heavy (non-hydrogen) atoms. The number of amides is 2. The maximum Gasteiger partial charge on any atom is 0.308 e. The van der Waals surface area contributed by atoms with Crippen LogP contribution in [0.4, 0.5) is 0 Å². The Morgan fingerprint density at radius 3 is 2.68 bits per heavy atom. The predicted octanol–water partition coefficient (Wildman–Crippen LogP) is 0.857. The summed E-state index contributed by atoms with van der Waals surface area (Å²) in [7, 11) is 0. The molecule has 1 unspecified atom stereocenters. The molecule has 1 saturated carbocycles. The molecule has 1 fully saturated rings. The van der Waals surface area contributed by atoms with Gasteiger partial charge in [0.05, 0.1) is 12.5 Å². The summed E-state index contributed by atoms with van der Waals surface area (Å²) >= 11 is 0. The zero-order chi connectivity index (χ0) is 18.0. The van der Waals surface area contributed by atoms with Crippen molar-refractivity contribution in [2.24, 2.45) is 5.92 Å². The van der Waals surface area contributed by atoms with Crippen LogP contribution in [-0.4, -0.2) is 53.7 Å². The van der Waals surface area contributed by atoms with E-state index in [1.807, 2.05) is 0 Å². The first-order chi connectivity index (χ1) is 12.0. The molecule has 0 bridgehead atoms. The van der Waals surface area contributed by atoms with Crippen LogP contribution in [0.5, 0.6) is 11.5 Å². The molecule has 134 valence electrons. The van der Waals surface area contributed by atoms with Crippen LogP contribution >= 0.6 is 0 Å². The fourth-order valence-corrected chi connectivity index (χ4v) is 2.61. The van der Waals surface area contributed by atoms with E-state index in [2.05, 4.69) is 5.32 Å². The second-order valence-electron chi connectivity index (χ2n) is 6.27. The van der Waals surface area contributed by atoms with Crippen molar-refractivity contribution >= 4 is 17.8 Å². The van der Waals surface area contributed by atoms with E-state index in [-0.39, 0.29) is 31.8 Å². The zero-order valence-corrected chi connectivity index (χ0v) is 13.9. The van der Waals surface area contributed by atoms with Gasteiger partial charge in [-0.05, 0) is 31.0 Å². The van der Waals surface area contributed by atoms with Crippen LogP contribution in [-0.2, 0) is 9.59 Å². The Hall–Kier alpha value is -2.77. The molecule has 0 radical (unpaired) electrons. The van der Waals surface area contributed by atoms with E-state index >= 15 is 0 Å². The highest BCUT2D eigenvalue weighted by atomic mass is 16.7. The molecule has 1 aliphatic carbocycles. The number of nitrogens with zero attached hydrogens (tertiary/aromatic N) is 1. The van der Waals surface area contributed by atoms with Crippen molar-refractivity contribution in [3.8, 4) is 11.5 Å². The lowest BCUT2D eigenvalue weighted by molar-refractivity contribution is -0.143. The molecule has 0 saturated heterocycles. The van der Waals surface area contributed by atoms with E-state index in [9.17, 15) is 14.4 Å². The number of aliphatic carboxylic acids is 1. The Bertz CT molecular complexity index is 700. The summed E-state index contributed by atoms with van der Waals surface area (Å²) in [5.41, 5.74) is 0.369. The van der Waals surface area contributed by atoms with E-state index in [1.165, 1.54) is 0 Å². The van der Waals surface area contributed by atoms with Crippen molar-refractivity contribution in [2.75, 3.05) is 19.9 Å². The van der Waals surface area contributed by atoms with Crippen LogP contribution in [0.3, 0.4) is 0 Å². The number of carbonyl (C=O) groups is 3. The molecule has 2 N–H and O–H groups in total. The van der Waals surface area contributed by atoms with Crippen LogP contribution in [0, 0.1) is 5.92 Å². The van der Waals surface area contributed by atoms with Gasteiger partial charge in [0, 0.05) is 18.2 Å². The summed E-state index contributed by atoms with van der Waals surface area (Å²) in [6.45, 7) is 1.67. The summed E-state index contributed by atoms with van der Waals surface area (Å²) in [6.07, 6.45) is 1.74. The zero-order valence-electron chi connectivity index (χ0n) is 13.9. The molecular formula is C17H20N2O6. The normalized spacial score (nSPS) is 16.2. The number of hydrogen-bond acceptors (Lipinski definition) is 5. The van der Waals surface area contributed by atoms with Crippen LogP contribution in [0.1, 0.15) is 30.1 Å². The molecule has 2 amide bonds. The van der Waals surface area contributed by atoms with Gasteiger partial charge in [-0.25, -0.2) is 0 Å². The van der Waals surface area contributed by atoms with Gasteiger partial charge in [-0.3, -0.25) is 14.4 Å². The molecule has 2 aliphatic rings. The molecule has 1 aromatic rings. The topological polar surface area (TPSA) is 105 Å². The maximum absolute atomic E-state index is 12.4. The average Bonchev–Trinajstić information content (AvgIpc) is 3.32. The van der Waals surface area contributed by atoms with E-state index in [0.29, 0.717) is 17.1 Å². The van der Waals surface area contributed by atoms with E-state index in [1.54, 1.807) is 30.0 Å². The number of carboxylic acid groups (broad SMARTS) is 1. The van der Waals surface area contributed by atoms with Crippen molar-refractivity contribution in [1.29, 1.82) is 0 Å². The van der Waals surface area contributed by atoms with Gasteiger partial charge in [-0.15, -0.1) is 0 Å². The molecule has 1 aromatic carbocycles. The summed E-state index contributed by atoms with van der Waals surface area (Å²) in [6, 6.07) is 4.88. The lowest BCUT2D eigenvalue weighted by Crippen LogP contribution is -2.44. The van der Waals surface area contributed by atoms with Crippen molar-refractivity contribution in [3.63, 3.8) is 0 Å². The van der Waals surface area contributed by atoms with Gasteiger partial charge in [-0.1, -0.05) is 6.92 Å². The van der Waals surface area contributed by atoms with Crippen LogP contribution in [0.2, 0.25) is 0 Å². The fraction of sp³-hybridized carbons (Fsp3) is 0.471. The van der Waals surface area contributed by atoms with Gasteiger partial charge in [0.2, 0.25) is 12.7 Å². The highest BCUT2D eigenvalue weighted by molar-refractivity contribution is 5.97. The molecule has 0 aromatic heterocycles. The summed E-state index contributed by atoms with van der Waals surface area (Å²) in [5, 5.41) is 11.6. The van der Waals surface area contributed by atoms with E-state index in [0.717, 1.165) is 12.8 Å². The van der Waals surface area contributed by atoms with E-state index in [4.69, 9.17) is 14.6 Å². The Balaban J connectivity index is 1.56. The quantitative estimate of drug-likeness (QED) is 0.757. The highest BCUT2D eigenvalue weighted by Crippen LogP contribution is 2.32. The SMILES string of the molecule is CC(CN(C(=O)CNC(=O)c1ccc2c(c1)OCO2)C1CC1)C(=O)O. The Labute approximate surface area is 144 Å². The third-order valence-corrected chi connectivity index (χ3v) is 4.24. The Morgan fingerprint density at radius 2 is 2.00 bits per heavy atom. The monoisotopic (exact) mass is 348 g/mol. The average molecular weight is 348 g/mol. The first-order valence-electron chi connectivity index (χ1n) is 8.16. The van der Waals surface area contributed by atoms with Gasteiger partial charge in [-0.2, -0.15) is 0 Å². The summed E-state index contributed by atoms with van der Waals surface area (Å²) < 4.78 is 10.4. The molecule has 1 aliphatic heterocycles. The van der Waals surface area contributed by atoms with Gasteiger partial charge in [0.15, 0.2) is 11.5 Å². The molecular weight excluding hydrogens is 328 g/mol. The number of benzene rings is 1. The number of fused-ring (bicyclic) bond motifs is 1. The van der Waals surface area contributed by atoms with Gasteiger partial charge in [0.1, 0.15) is 0 Å². The molecule has 1 heterocycles. The number of nitrogens with one attached hydrogen (secondary N) is 1. The Morgan fingerprint density at radius 1 is 1.28 bits per heavy atom. The van der Waals surface area contributed by atoms with Gasteiger partial charge < -0.3 is 24.8 Å². The predicted molar refractivity (Wildman–Crippen MR) is 86.4 cm³/mol. The Kier molecular flexibility index (Phi) is 4.78. The van der Waals surface area contributed by atoms with Crippen molar-refractivity contribution < 1.29 is 29.0 Å². The molecule has 0 spiro atoms. The summed E-state index contributed by atoms with van der Waals surface area (Å²) in [4.78, 5) is 37.2. The highest BCUT2D eigenvalue weighted by Gasteiger charge is 2.34. The minimum Gasteiger partial charge on any atom is -0.481 e. The van der Waals surface area contributed by atoms with Crippen molar-refractivity contribution in [1.82, 2.24) is 10.2 Å².